The molecule has 1 aromatic heterocycles. The van der Waals surface area contributed by atoms with Gasteiger partial charge in [0.15, 0.2) is 0 Å². The Kier molecular flexibility index (Phi) is 7.72. The summed E-state index contributed by atoms with van der Waals surface area (Å²) in [7, 11) is 0. The number of anilines is 2. The van der Waals surface area contributed by atoms with Crippen molar-refractivity contribution in [3.63, 3.8) is 0 Å². The van der Waals surface area contributed by atoms with Gasteiger partial charge in [0.05, 0.1) is 0 Å². The first-order chi connectivity index (χ1) is 16.8. The number of hydrogen-bond donors (Lipinski definition) is 1. The molecule has 1 N–H and O–H groups in total. The highest BCUT2D eigenvalue weighted by molar-refractivity contribution is 5.86. The SMILES string of the molecule is C/C=C\C=C/C1=CC(C/C=C\C=C/CC)(c2ccccc2)c2cc(Nc3ccccn3)ccc21. The second kappa shape index (κ2) is 11.3. The largest absolute Gasteiger partial charge is 0.340 e. The van der Waals surface area contributed by atoms with Gasteiger partial charge in [-0.2, -0.15) is 0 Å². The summed E-state index contributed by atoms with van der Waals surface area (Å²) in [6.07, 6.45) is 23.4. The highest BCUT2D eigenvalue weighted by Gasteiger charge is 2.38. The summed E-state index contributed by atoms with van der Waals surface area (Å²) < 4.78 is 0. The van der Waals surface area contributed by atoms with Crippen LogP contribution < -0.4 is 5.32 Å². The molecule has 2 nitrogen and oxygen atoms in total. The van der Waals surface area contributed by atoms with E-state index in [0.717, 1.165) is 24.3 Å². The Hall–Kier alpha value is -3.91. The highest BCUT2D eigenvalue weighted by atomic mass is 15.0. The first kappa shape index (κ1) is 23.3. The second-order valence-corrected chi connectivity index (χ2v) is 8.39. The quantitative estimate of drug-likeness (QED) is 0.334. The topological polar surface area (TPSA) is 24.9 Å². The molecule has 0 spiro atoms. The molecule has 0 saturated carbocycles. The maximum absolute atomic E-state index is 4.44. The average Bonchev–Trinajstić information content (AvgIpc) is 3.19. The van der Waals surface area contributed by atoms with Crippen LogP contribution in [0.15, 0.2) is 128 Å². The standard InChI is InChI=1S/C32H32N2/c1-3-5-7-8-14-22-32(27-17-11-9-12-18-27)25-26(16-10-6-4-2)29-21-20-28(24-30(29)32)34-31-19-13-15-23-33-31/h4-21,23-25H,3,22H2,1-2H3,(H,33,34)/b6-4-,7-5-,14-8-,16-10-. The fourth-order valence-corrected chi connectivity index (χ4v) is 4.46. The van der Waals surface area contributed by atoms with Crippen molar-refractivity contribution in [3.8, 4) is 0 Å². The third-order valence-electron chi connectivity index (χ3n) is 6.08. The zero-order chi connectivity index (χ0) is 23.6. The molecule has 0 fully saturated rings. The molecule has 170 valence electrons. The van der Waals surface area contributed by atoms with E-state index < -0.39 is 0 Å². The lowest BCUT2D eigenvalue weighted by Crippen LogP contribution is -2.23. The molecule has 3 aromatic rings. The molecule has 1 unspecified atom stereocenters. The predicted molar refractivity (Wildman–Crippen MR) is 146 cm³/mol. The number of benzene rings is 2. The van der Waals surface area contributed by atoms with Crippen LogP contribution in [0.3, 0.4) is 0 Å². The van der Waals surface area contributed by atoms with Crippen LogP contribution in [0.1, 0.15) is 43.4 Å². The maximum atomic E-state index is 4.44. The minimum Gasteiger partial charge on any atom is -0.340 e. The lowest BCUT2D eigenvalue weighted by atomic mass is 9.73. The van der Waals surface area contributed by atoms with E-state index in [4.69, 9.17) is 0 Å². The number of hydrogen-bond acceptors (Lipinski definition) is 2. The van der Waals surface area contributed by atoms with Gasteiger partial charge >= 0.3 is 0 Å². The Morgan fingerprint density at radius 3 is 2.47 bits per heavy atom. The van der Waals surface area contributed by atoms with Crippen molar-refractivity contribution in [1.29, 1.82) is 0 Å². The first-order valence-electron chi connectivity index (χ1n) is 12.0. The fourth-order valence-electron chi connectivity index (χ4n) is 4.46. The molecular weight excluding hydrogens is 412 g/mol. The monoisotopic (exact) mass is 444 g/mol. The Labute approximate surface area is 203 Å². The van der Waals surface area contributed by atoms with Crippen LogP contribution in [-0.2, 0) is 5.41 Å². The normalized spacial score (nSPS) is 17.8. The molecule has 0 aliphatic heterocycles. The van der Waals surface area contributed by atoms with Crippen LogP contribution in [0.4, 0.5) is 11.5 Å². The zero-order valence-corrected chi connectivity index (χ0v) is 20.0. The number of pyridine rings is 1. The summed E-state index contributed by atoms with van der Waals surface area (Å²) in [6, 6.07) is 23.4. The molecule has 1 heterocycles. The molecule has 1 aliphatic carbocycles. The number of aromatic nitrogens is 1. The van der Waals surface area contributed by atoms with Gasteiger partial charge in [-0.3, -0.25) is 0 Å². The lowest BCUT2D eigenvalue weighted by molar-refractivity contribution is 0.666. The first-order valence-corrected chi connectivity index (χ1v) is 12.0. The minimum absolute atomic E-state index is 0.245. The van der Waals surface area contributed by atoms with Gasteiger partial charge in [0.25, 0.3) is 0 Å². The molecule has 2 aromatic carbocycles. The Morgan fingerprint density at radius 1 is 0.882 bits per heavy atom. The number of rotatable bonds is 9. The van der Waals surface area contributed by atoms with Gasteiger partial charge in [0.1, 0.15) is 5.82 Å². The Morgan fingerprint density at radius 2 is 1.71 bits per heavy atom. The van der Waals surface area contributed by atoms with Crippen molar-refractivity contribution >= 4 is 17.1 Å². The summed E-state index contributed by atoms with van der Waals surface area (Å²) in [5, 5.41) is 3.48. The number of fused-ring (bicyclic) bond motifs is 1. The maximum Gasteiger partial charge on any atom is 0.130 e. The van der Waals surface area contributed by atoms with Gasteiger partial charge in [-0.05, 0) is 66.3 Å². The summed E-state index contributed by atoms with van der Waals surface area (Å²) in [5.74, 6) is 0.844. The van der Waals surface area contributed by atoms with Gasteiger partial charge in [-0.1, -0.05) is 104 Å². The molecule has 0 saturated heterocycles. The molecule has 0 radical (unpaired) electrons. The van der Waals surface area contributed by atoms with Crippen molar-refractivity contribution < 1.29 is 0 Å². The van der Waals surface area contributed by atoms with Crippen LogP contribution in [-0.4, -0.2) is 4.98 Å². The zero-order valence-electron chi connectivity index (χ0n) is 20.0. The summed E-state index contributed by atoms with van der Waals surface area (Å²) in [5.41, 5.74) is 5.92. The van der Waals surface area contributed by atoms with E-state index in [1.807, 2.05) is 31.3 Å². The fraction of sp³-hybridized carbons (Fsp3) is 0.156. The van der Waals surface area contributed by atoms with E-state index in [1.54, 1.807) is 0 Å². The van der Waals surface area contributed by atoms with Crippen LogP contribution >= 0.6 is 0 Å². The third-order valence-corrected chi connectivity index (χ3v) is 6.08. The van der Waals surface area contributed by atoms with Crippen molar-refractivity contribution in [1.82, 2.24) is 4.98 Å². The number of nitrogens with one attached hydrogen (secondary N) is 1. The molecular formula is C32H32N2. The molecule has 1 atom stereocenters. The van der Waals surface area contributed by atoms with Crippen molar-refractivity contribution in [2.75, 3.05) is 5.32 Å². The van der Waals surface area contributed by atoms with E-state index in [0.29, 0.717) is 0 Å². The lowest BCUT2D eigenvalue weighted by Gasteiger charge is -2.29. The van der Waals surface area contributed by atoms with Gasteiger partial charge in [0, 0.05) is 17.3 Å². The van der Waals surface area contributed by atoms with E-state index in [2.05, 4.69) is 120 Å². The second-order valence-electron chi connectivity index (χ2n) is 8.39. The Bertz CT molecular complexity index is 1230. The molecule has 2 heteroatoms. The molecule has 34 heavy (non-hydrogen) atoms. The third kappa shape index (κ3) is 5.18. The number of nitrogens with zero attached hydrogens (tertiary/aromatic N) is 1. The van der Waals surface area contributed by atoms with Gasteiger partial charge < -0.3 is 5.32 Å². The molecule has 0 amide bonds. The molecule has 0 bridgehead atoms. The van der Waals surface area contributed by atoms with Crippen LogP contribution in [0.25, 0.3) is 5.57 Å². The average molecular weight is 445 g/mol. The predicted octanol–water partition coefficient (Wildman–Crippen LogP) is 8.55. The van der Waals surface area contributed by atoms with E-state index >= 15 is 0 Å². The molecule has 1 aliphatic rings. The van der Waals surface area contributed by atoms with Crippen molar-refractivity contribution in [2.45, 2.75) is 32.1 Å². The van der Waals surface area contributed by atoms with Crippen LogP contribution in [0.2, 0.25) is 0 Å². The number of allylic oxidation sites excluding steroid dienone is 10. The van der Waals surface area contributed by atoms with Gasteiger partial charge in [0.2, 0.25) is 0 Å². The van der Waals surface area contributed by atoms with Gasteiger partial charge in [-0.25, -0.2) is 4.98 Å². The Balaban J connectivity index is 1.84. The van der Waals surface area contributed by atoms with Gasteiger partial charge in [-0.15, -0.1) is 0 Å². The van der Waals surface area contributed by atoms with E-state index in [1.165, 1.54) is 22.3 Å². The van der Waals surface area contributed by atoms with Crippen molar-refractivity contribution in [2.24, 2.45) is 0 Å². The van der Waals surface area contributed by atoms with E-state index in [-0.39, 0.29) is 5.41 Å². The molecule has 4 rings (SSSR count). The summed E-state index contributed by atoms with van der Waals surface area (Å²) >= 11 is 0. The summed E-state index contributed by atoms with van der Waals surface area (Å²) in [6.45, 7) is 4.20. The van der Waals surface area contributed by atoms with Crippen LogP contribution in [0.5, 0.6) is 0 Å². The smallest absolute Gasteiger partial charge is 0.130 e. The minimum atomic E-state index is -0.245. The van der Waals surface area contributed by atoms with E-state index in [9.17, 15) is 0 Å². The summed E-state index contributed by atoms with van der Waals surface area (Å²) in [4.78, 5) is 4.44. The highest BCUT2D eigenvalue weighted by Crippen LogP contribution is 2.49. The van der Waals surface area contributed by atoms with Crippen molar-refractivity contribution in [3.05, 3.63) is 144 Å². The van der Waals surface area contributed by atoms with Crippen LogP contribution in [0, 0.1) is 0 Å².